The van der Waals surface area contributed by atoms with Crippen molar-refractivity contribution in [3.05, 3.63) is 30.3 Å². The predicted molar refractivity (Wildman–Crippen MR) is 59.7 cm³/mol. The molecule has 2 nitrogen and oxygen atoms in total. The van der Waals surface area contributed by atoms with Crippen LogP contribution in [-0.2, 0) is 4.74 Å². The normalized spacial score (nSPS) is 12.7. The second-order valence-corrected chi connectivity index (χ2v) is 4.03. The SMILES string of the molecule is CCOC[C@H](O)CSc1ccccc1. The van der Waals surface area contributed by atoms with Crippen molar-refractivity contribution in [2.75, 3.05) is 19.0 Å². The van der Waals surface area contributed by atoms with E-state index in [0.29, 0.717) is 19.0 Å². The van der Waals surface area contributed by atoms with E-state index in [1.807, 2.05) is 37.3 Å². The van der Waals surface area contributed by atoms with Crippen molar-refractivity contribution in [2.45, 2.75) is 17.9 Å². The minimum atomic E-state index is -0.375. The van der Waals surface area contributed by atoms with E-state index in [1.165, 1.54) is 4.90 Å². The monoisotopic (exact) mass is 212 g/mol. The third-order valence-electron chi connectivity index (χ3n) is 1.70. The zero-order chi connectivity index (χ0) is 10.2. The second-order valence-electron chi connectivity index (χ2n) is 2.94. The molecule has 0 radical (unpaired) electrons. The Bertz CT molecular complexity index is 238. The first kappa shape index (κ1) is 11.6. The Kier molecular flexibility index (Phi) is 5.68. The van der Waals surface area contributed by atoms with Gasteiger partial charge in [0.1, 0.15) is 0 Å². The van der Waals surface area contributed by atoms with Crippen molar-refractivity contribution >= 4 is 11.8 Å². The van der Waals surface area contributed by atoms with Gasteiger partial charge in [0.2, 0.25) is 0 Å². The van der Waals surface area contributed by atoms with Crippen molar-refractivity contribution in [3.8, 4) is 0 Å². The van der Waals surface area contributed by atoms with E-state index < -0.39 is 0 Å². The molecule has 0 saturated heterocycles. The molecule has 1 aromatic carbocycles. The Morgan fingerprint density at radius 1 is 1.36 bits per heavy atom. The van der Waals surface area contributed by atoms with Crippen LogP contribution in [0.25, 0.3) is 0 Å². The van der Waals surface area contributed by atoms with Crippen molar-refractivity contribution < 1.29 is 9.84 Å². The van der Waals surface area contributed by atoms with Gasteiger partial charge in [0.15, 0.2) is 0 Å². The Labute approximate surface area is 89.3 Å². The average molecular weight is 212 g/mol. The standard InChI is InChI=1S/C11H16O2S/c1-2-13-8-10(12)9-14-11-6-4-3-5-7-11/h3-7,10,12H,2,8-9H2,1H3/t10-/m0/s1. The Morgan fingerprint density at radius 2 is 2.07 bits per heavy atom. The van der Waals surface area contributed by atoms with Crippen LogP contribution in [0.4, 0.5) is 0 Å². The van der Waals surface area contributed by atoms with Crippen LogP contribution in [0, 0.1) is 0 Å². The molecule has 0 fully saturated rings. The summed E-state index contributed by atoms with van der Waals surface area (Å²) in [6, 6.07) is 10.1. The molecule has 0 bridgehead atoms. The van der Waals surface area contributed by atoms with Gasteiger partial charge in [-0.3, -0.25) is 0 Å². The molecule has 0 amide bonds. The third-order valence-corrected chi connectivity index (χ3v) is 2.86. The topological polar surface area (TPSA) is 29.5 Å². The van der Waals surface area contributed by atoms with Gasteiger partial charge in [-0.1, -0.05) is 18.2 Å². The second kappa shape index (κ2) is 6.87. The molecule has 0 aliphatic heterocycles. The largest absolute Gasteiger partial charge is 0.390 e. The lowest BCUT2D eigenvalue weighted by Gasteiger charge is -2.09. The summed E-state index contributed by atoms with van der Waals surface area (Å²) in [6.45, 7) is 3.01. The lowest BCUT2D eigenvalue weighted by molar-refractivity contribution is 0.0551. The van der Waals surface area contributed by atoms with Crippen LogP contribution < -0.4 is 0 Å². The zero-order valence-electron chi connectivity index (χ0n) is 8.35. The van der Waals surface area contributed by atoms with E-state index in [9.17, 15) is 5.11 Å². The fourth-order valence-corrected chi connectivity index (χ4v) is 1.84. The van der Waals surface area contributed by atoms with Crippen molar-refractivity contribution in [1.82, 2.24) is 0 Å². The molecule has 1 atom stereocenters. The van der Waals surface area contributed by atoms with E-state index in [2.05, 4.69) is 0 Å². The minimum absolute atomic E-state index is 0.375. The summed E-state index contributed by atoms with van der Waals surface area (Å²) in [7, 11) is 0. The van der Waals surface area contributed by atoms with Gasteiger partial charge < -0.3 is 9.84 Å². The van der Waals surface area contributed by atoms with Gasteiger partial charge in [-0.15, -0.1) is 11.8 Å². The van der Waals surface area contributed by atoms with Gasteiger partial charge in [-0.05, 0) is 19.1 Å². The fourth-order valence-electron chi connectivity index (χ4n) is 1.01. The number of benzene rings is 1. The third kappa shape index (κ3) is 4.65. The summed E-state index contributed by atoms with van der Waals surface area (Å²) in [6.07, 6.45) is -0.375. The van der Waals surface area contributed by atoms with Crippen LogP contribution in [0.2, 0.25) is 0 Å². The molecule has 78 valence electrons. The van der Waals surface area contributed by atoms with Crippen LogP contribution in [-0.4, -0.2) is 30.2 Å². The van der Waals surface area contributed by atoms with Crippen LogP contribution >= 0.6 is 11.8 Å². The predicted octanol–water partition coefficient (Wildman–Crippen LogP) is 2.18. The molecule has 3 heteroatoms. The van der Waals surface area contributed by atoms with Crippen LogP contribution in [0.3, 0.4) is 0 Å². The Morgan fingerprint density at radius 3 is 2.71 bits per heavy atom. The Balaban J connectivity index is 2.20. The molecule has 0 spiro atoms. The summed E-state index contributed by atoms with van der Waals surface area (Å²) >= 11 is 1.65. The van der Waals surface area contributed by atoms with Gasteiger partial charge in [0.25, 0.3) is 0 Å². The molecule has 0 heterocycles. The molecular formula is C11H16O2S. The zero-order valence-corrected chi connectivity index (χ0v) is 9.17. The highest BCUT2D eigenvalue weighted by Crippen LogP contribution is 2.17. The van der Waals surface area contributed by atoms with Gasteiger partial charge in [0, 0.05) is 17.3 Å². The van der Waals surface area contributed by atoms with Gasteiger partial charge in [-0.25, -0.2) is 0 Å². The molecule has 0 aromatic heterocycles. The van der Waals surface area contributed by atoms with E-state index in [4.69, 9.17) is 4.74 Å². The molecule has 0 saturated carbocycles. The molecule has 0 aliphatic carbocycles. The van der Waals surface area contributed by atoms with E-state index in [1.54, 1.807) is 11.8 Å². The Hall–Kier alpha value is -0.510. The van der Waals surface area contributed by atoms with Gasteiger partial charge in [-0.2, -0.15) is 0 Å². The number of hydrogen-bond acceptors (Lipinski definition) is 3. The van der Waals surface area contributed by atoms with E-state index in [0.717, 1.165) is 0 Å². The number of thioether (sulfide) groups is 1. The molecule has 1 aromatic rings. The molecule has 1 rings (SSSR count). The van der Waals surface area contributed by atoms with Crippen LogP contribution in [0.5, 0.6) is 0 Å². The van der Waals surface area contributed by atoms with Crippen molar-refractivity contribution in [3.63, 3.8) is 0 Å². The number of aliphatic hydroxyl groups is 1. The maximum Gasteiger partial charge on any atom is 0.0867 e. The highest BCUT2D eigenvalue weighted by atomic mass is 32.2. The van der Waals surface area contributed by atoms with Gasteiger partial charge in [0.05, 0.1) is 12.7 Å². The maximum absolute atomic E-state index is 9.50. The minimum Gasteiger partial charge on any atom is -0.390 e. The number of rotatable bonds is 6. The summed E-state index contributed by atoms with van der Waals surface area (Å²) < 4.78 is 5.12. The molecule has 1 N–H and O–H groups in total. The number of hydrogen-bond donors (Lipinski definition) is 1. The average Bonchev–Trinajstić information content (AvgIpc) is 2.25. The van der Waals surface area contributed by atoms with Crippen molar-refractivity contribution in [2.24, 2.45) is 0 Å². The van der Waals surface area contributed by atoms with Crippen LogP contribution in [0.15, 0.2) is 35.2 Å². The highest BCUT2D eigenvalue weighted by Gasteiger charge is 2.04. The molecule has 0 aliphatic rings. The first-order valence-electron chi connectivity index (χ1n) is 4.76. The number of aliphatic hydroxyl groups excluding tert-OH is 1. The van der Waals surface area contributed by atoms with Gasteiger partial charge >= 0.3 is 0 Å². The summed E-state index contributed by atoms with van der Waals surface area (Å²) in [5, 5.41) is 9.50. The van der Waals surface area contributed by atoms with E-state index >= 15 is 0 Å². The summed E-state index contributed by atoms with van der Waals surface area (Å²) in [5.41, 5.74) is 0. The lowest BCUT2D eigenvalue weighted by Crippen LogP contribution is -2.17. The number of ether oxygens (including phenoxy) is 1. The summed E-state index contributed by atoms with van der Waals surface area (Å²) in [4.78, 5) is 1.18. The first-order valence-corrected chi connectivity index (χ1v) is 5.75. The summed E-state index contributed by atoms with van der Waals surface area (Å²) in [5.74, 6) is 0.685. The smallest absolute Gasteiger partial charge is 0.0867 e. The quantitative estimate of drug-likeness (QED) is 0.733. The maximum atomic E-state index is 9.50. The van der Waals surface area contributed by atoms with E-state index in [-0.39, 0.29) is 6.10 Å². The molecular weight excluding hydrogens is 196 g/mol. The lowest BCUT2D eigenvalue weighted by atomic mass is 10.4. The fraction of sp³-hybridized carbons (Fsp3) is 0.455. The first-order chi connectivity index (χ1) is 6.83. The molecule has 14 heavy (non-hydrogen) atoms. The highest BCUT2D eigenvalue weighted by molar-refractivity contribution is 7.99. The van der Waals surface area contributed by atoms with Crippen molar-refractivity contribution in [1.29, 1.82) is 0 Å². The molecule has 0 unspecified atom stereocenters. The van der Waals surface area contributed by atoms with Crippen LogP contribution in [0.1, 0.15) is 6.92 Å².